The maximum absolute atomic E-state index is 12.1. The van der Waals surface area contributed by atoms with Crippen LogP contribution in [-0.4, -0.2) is 46.0 Å². The van der Waals surface area contributed by atoms with E-state index in [1.165, 1.54) is 16.7 Å². The molecule has 0 aliphatic carbocycles. The first-order valence-electron chi connectivity index (χ1n) is 9.31. The molecule has 3 aromatic rings. The van der Waals surface area contributed by atoms with Gasteiger partial charge in [-0.1, -0.05) is 23.9 Å². The Bertz CT molecular complexity index is 1000. The molecule has 0 fully saturated rings. The van der Waals surface area contributed by atoms with Gasteiger partial charge in [-0.3, -0.25) is 4.79 Å². The molecule has 1 aromatic heterocycles. The summed E-state index contributed by atoms with van der Waals surface area (Å²) in [6.45, 7) is 2.72. The van der Waals surface area contributed by atoms with Crippen molar-refractivity contribution in [3.05, 3.63) is 54.1 Å². The Hall–Kier alpha value is -2.78. The van der Waals surface area contributed by atoms with Crippen LogP contribution >= 0.6 is 23.5 Å². The zero-order chi connectivity index (χ0) is 21.3. The number of hydrogen-bond donors (Lipinski definition) is 1. The molecule has 0 spiro atoms. The molecule has 1 heterocycles. The summed E-state index contributed by atoms with van der Waals surface area (Å²) in [6, 6.07) is 15.6. The number of methoxy groups -OCH3 is 1. The van der Waals surface area contributed by atoms with Gasteiger partial charge < -0.3 is 9.30 Å². The summed E-state index contributed by atoms with van der Waals surface area (Å²) in [5.41, 5.74) is 4.42. The summed E-state index contributed by atoms with van der Waals surface area (Å²) < 4.78 is 7.18. The Labute approximate surface area is 184 Å². The highest BCUT2D eigenvalue weighted by molar-refractivity contribution is 7.99. The third kappa shape index (κ3) is 5.64. The highest BCUT2D eigenvalue weighted by Crippen LogP contribution is 2.25. The molecule has 156 valence electrons. The van der Waals surface area contributed by atoms with E-state index in [1.54, 1.807) is 25.1 Å². The first-order valence-corrected chi connectivity index (χ1v) is 11.5. The van der Waals surface area contributed by atoms with Crippen LogP contribution in [0.3, 0.4) is 0 Å². The molecule has 7 nitrogen and oxygen atoms in total. The van der Waals surface area contributed by atoms with E-state index in [-0.39, 0.29) is 11.7 Å². The lowest BCUT2D eigenvalue weighted by molar-refractivity contribution is -0.118. The molecular formula is C21H23N5O2S2. The zero-order valence-corrected chi connectivity index (χ0v) is 18.7. The smallest absolute Gasteiger partial charge is 0.250 e. The highest BCUT2D eigenvalue weighted by atomic mass is 32.2. The van der Waals surface area contributed by atoms with E-state index in [1.807, 2.05) is 66.3 Å². The fourth-order valence-corrected chi connectivity index (χ4v) is 3.87. The maximum Gasteiger partial charge on any atom is 0.250 e. The lowest BCUT2D eigenvalue weighted by atomic mass is 10.2. The van der Waals surface area contributed by atoms with Gasteiger partial charge in [0.1, 0.15) is 5.75 Å². The van der Waals surface area contributed by atoms with Gasteiger partial charge in [0.2, 0.25) is 0 Å². The number of benzene rings is 2. The first kappa shape index (κ1) is 21.9. The normalized spacial score (nSPS) is 11.0. The Morgan fingerprint density at radius 1 is 1.17 bits per heavy atom. The van der Waals surface area contributed by atoms with Crippen molar-refractivity contribution in [1.29, 1.82) is 0 Å². The average molecular weight is 442 g/mol. The zero-order valence-electron chi connectivity index (χ0n) is 17.0. The fourth-order valence-electron chi connectivity index (χ4n) is 2.67. The lowest BCUT2D eigenvalue weighted by Crippen LogP contribution is -2.20. The summed E-state index contributed by atoms with van der Waals surface area (Å²) in [4.78, 5) is 13.3. The maximum atomic E-state index is 12.1. The molecule has 3 rings (SSSR count). The number of hydrazone groups is 1. The summed E-state index contributed by atoms with van der Waals surface area (Å²) >= 11 is 3.01. The van der Waals surface area contributed by atoms with Gasteiger partial charge in [0, 0.05) is 17.0 Å². The topological polar surface area (TPSA) is 81.4 Å². The predicted octanol–water partition coefficient (Wildman–Crippen LogP) is 3.94. The highest BCUT2D eigenvalue weighted by Gasteiger charge is 2.14. The molecular weight excluding hydrogens is 418 g/mol. The molecule has 0 aliphatic rings. The van der Waals surface area contributed by atoms with Crippen LogP contribution in [0.4, 0.5) is 0 Å². The summed E-state index contributed by atoms with van der Waals surface area (Å²) in [5.74, 6) is 1.54. The van der Waals surface area contributed by atoms with Crippen molar-refractivity contribution in [2.75, 3.05) is 19.1 Å². The molecule has 0 atom stereocenters. The molecule has 2 aromatic carbocycles. The molecule has 1 N–H and O–H groups in total. The largest absolute Gasteiger partial charge is 0.497 e. The first-order chi connectivity index (χ1) is 14.6. The minimum atomic E-state index is -0.200. The van der Waals surface area contributed by atoms with Crippen molar-refractivity contribution < 1.29 is 9.53 Å². The molecule has 30 heavy (non-hydrogen) atoms. The van der Waals surface area contributed by atoms with E-state index in [0.717, 1.165) is 22.7 Å². The minimum absolute atomic E-state index is 0.198. The molecule has 9 heteroatoms. The minimum Gasteiger partial charge on any atom is -0.497 e. The molecule has 0 saturated heterocycles. The van der Waals surface area contributed by atoms with Crippen LogP contribution in [0.2, 0.25) is 0 Å². The number of carbonyl (C=O) groups excluding carboxylic acids is 1. The van der Waals surface area contributed by atoms with Gasteiger partial charge in [-0.25, -0.2) is 5.43 Å². The van der Waals surface area contributed by atoms with Gasteiger partial charge in [0.05, 0.1) is 19.1 Å². The second kappa shape index (κ2) is 10.8. The van der Waals surface area contributed by atoms with Crippen LogP contribution in [0.15, 0.2) is 63.7 Å². The number of nitrogens with one attached hydrogen (secondary N) is 1. The van der Waals surface area contributed by atoms with Gasteiger partial charge in [-0.15, -0.1) is 22.0 Å². The van der Waals surface area contributed by atoms with E-state index in [2.05, 4.69) is 20.7 Å². The van der Waals surface area contributed by atoms with E-state index in [0.29, 0.717) is 11.7 Å². The number of nitrogens with zero attached hydrogens (tertiary/aromatic N) is 4. The number of thioether (sulfide) groups is 2. The Kier molecular flexibility index (Phi) is 7.92. The molecule has 0 radical (unpaired) electrons. The van der Waals surface area contributed by atoms with Gasteiger partial charge in [0.25, 0.3) is 5.91 Å². The Balaban J connectivity index is 1.57. The van der Waals surface area contributed by atoms with Gasteiger partial charge in [0.15, 0.2) is 11.0 Å². The van der Waals surface area contributed by atoms with Crippen LogP contribution in [0, 0.1) is 0 Å². The van der Waals surface area contributed by atoms with E-state index < -0.39 is 0 Å². The number of hydrogen-bond acceptors (Lipinski definition) is 7. The molecule has 0 bridgehead atoms. The Morgan fingerprint density at radius 2 is 1.90 bits per heavy atom. The number of rotatable bonds is 9. The van der Waals surface area contributed by atoms with Crippen LogP contribution in [0.1, 0.15) is 12.5 Å². The van der Waals surface area contributed by atoms with Crippen molar-refractivity contribution in [1.82, 2.24) is 20.2 Å². The van der Waals surface area contributed by atoms with Crippen molar-refractivity contribution in [3.8, 4) is 17.1 Å². The third-order valence-corrected chi connectivity index (χ3v) is 5.94. The standard InChI is InChI=1S/C21H23N5O2S2/c1-4-26-20(16-7-9-17(28-2)10-8-16)24-25-21(26)30-14-19(27)23-22-13-15-5-11-18(29-3)12-6-15/h5-13H,4,14H2,1-3H3,(H,23,27)/b22-13-. The number of aromatic nitrogens is 3. The fraction of sp³-hybridized carbons (Fsp3) is 0.238. The van der Waals surface area contributed by atoms with Crippen molar-refractivity contribution >= 4 is 35.6 Å². The van der Waals surface area contributed by atoms with E-state index in [4.69, 9.17) is 4.74 Å². The van der Waals surface area contributed by atoms with Crippen LogP contribution < -0.4 is 10.2 Å². The number of amides is 1. The van der Waals surface area contributed by atoms with Gasteiger partial charge in [-0.2, -0.15) is 5.10 Å². The number of ether oxygens (including phenoxy) is 1. The monoisotopic (exact) mass is 441 g/mol. The second-order valence-electron chi connectivity index (χ2n) is 6.13. The third-order valence-electron chi connectivity index (χ3n) is 4.23. The van der Waals surface area contributed by atoms with Crippen LogP contribution in [0.25, 0.3) is 11.4 Å². The molecule has 1 amide bonds. The number of carbonyl (C=O) groups is 1. The van der Waals surface area contributed by atoms with Crippen molar-refractivity contribution in [2.24, 2.45) is 5.10 Å². The summed E-state index contributed by atoms with van der Waals surface area (Å²) in [7, 11) is 1.63. The van der Waals surface area contributed by atoms with E-state index >= 15 is 0 Å². The predicted molar refractivity (Wildman–Crippen MR) is 122 cm³/mol. The summed E-state index contributed by atoms with van der Waals surface area (Å²) in [6.07, 6.45) is 3.66. The molecule has 0 aliphatic heterocycles. The van der Waals surface area contributed by atoms with Crippen molar-refractivity contribution in [3.63, 3.8) is 0 Å². The Morgan fingerprint density at radius 3 is 2.53 bits per heavy atom. The van der Waals surface area contributed by atoms with Gasteiger partial charge in [-0.05, 0) is 55.1 Å². The lowest BCUT2D eigenvalue weighted by Gasteiger charge is -2.07. The second-order valence-corrected chi connectivity index (χ2v) is 7.96. The molecule has 0 saturated carbocycles. The van der Waals surface area contributed by atoms with E-state index in [9.17, 15) is 4.79 Å². The molecule has 0 unspecified atom stereocenters. The van der Waals surface area contributed by atoms with Crippen LogP contribution in [-0.2, 0) is 11.3 Å². The SMILES string of the molecule is CCn1c(SCC(=O)N/N=C\c2ccc(SC)cc2)nnc1-c1ccc(OC)cc1. The average Bonchev–Trinajstić information content (AvgIpc) is 3.21. The van der Waals surface area contributed by atoms with Crippen molar-refractivity contribution in [2.45, 2.75) is 23.5 Å². The summed E-state index contributed by atoms with van der Waals surface area (Å²) in [5, 5.41) is 13.3. The van der Waals surface area contributed by atoms with Crippen LogP contribution in [0.5, 0.6) is 5.75 Å². The van der Waals surface area contributed by atoms with Gasteiger partial charge >= 0.3 is 0 Å². The quantitative estimate of drug-likeness (QED) is 0.308.